The summed E-state index contributed by atoms with van der Waals surface area (Å²) in [5.74, 6) is 0.144. The van der Waals surface area contributed by atoms with Gasteiger partial charge in [-0.15, -0.1) is 0 Å². The lowest BCUT2D eigenvalue weighted by Gasteiger charge is -2.04. The molecule has 0 radical (unpaired) electrons. The van der Waals surface area contributed by atoms with Crippen LogP contribution in [0.3, 0.4) is 0 Å². The lowest BCUT2D eigenvalue weighted by molar-refractivity contribution is -0.286. The van der Waals surface area contributed by atoms with E-state index in [4.69, 9.17) is 9.62 Å². The zero-order valence-electron chi connectivity index (χ0n) is 10.2. The SMILES string of the molecule is COc1ccccc1/C=C/C(=O)OOC(C)C. The van der Waals surface area contributed by atoms with Crippen molar-refractivity contribution < 1.29 is 19.3 Å². The topological polar surface area (TPSA) is 44.8 Å². The Kier molecular flexibility index (Phi) is 5.23. The summed E-state index contributed by atoms with van der Waals surface area (Å²) < 4.78 is 5.14. The Morgan fingerprint density at radius 1 is 1.29 bits per heavy atom. The van der Waals surface area contributed by atoms with Gasteiger partial charge in [-0.3, -0.25) is 4.89 Å². The number of carbonyl (C=O) groups excluding carboxylic acids is 1. The molecule has 4 heteroatoms. The number of methoxy groups -OCH3 is 1. The first-order chi connectivity index (χ1) is 8.13. The van der Waals surface area contributed by atoms with Crippen LogP contribution in [0.1, 0.15) is 19.4 Å². The average Bonchev–Trinajstić information content (AvgIpc) is 2.34. The quantitative estimate of drug-likeness (QED) is 0.448. The van der Waals surface area contributed by atoms with E-state index in [2.05, 4.69) is 4.89 Å². The molecule has 0 unspecified atom stereocenters. The van der Waals surface area contributed by atoms with Gasteiger partial charge in [-0.1, -0.05) is 18.2 Å². The van der Waals surface area contributed by atoms with Gasteiger partial charge < -0.3 is 4.74 Å². The van der Waals surface area contributed by atoms with Crippen molar-refractivity contribution in [1.29, 1.82) is 0 Å². The molecule has 1 aromatic carbocycles. The Labute approximate surface area is 101 Å². The third kappa shape index (κ3) is 4.70. The number of carbonyl (C=O) groups is 1. The van der Waals surface area contributed by atoms with E-state index < -0.39 is 5.97 Å². The number of rotatable bonds is 5. The molecule has 92 valence electrons. The van der Waals surface area contributed by atoms with Crippen molar-refractivity contribution in [2.45, 2.75) is 20.0 Å². The molecule has 0 bridgehead atoms. The first-order valence-electron chi connectivity index (χ1n) is 5.32. The summed E-state index contributed by atoms with van der Waals surface area (Å²) in [7, 11) is 1.58. The summed E-state index contributed by atoms with van der Waals surface area (Å²) in [5, 5.41) is 0. The monoisotopic (exact) mass is 236 g/mol. The second kappa shape index (κ2) is 6.70. The minimum Gasteiger partial charge on any atom is -0.496 e. The summed E-state index contributed by atoms with van der Waals surface area (Å²) >= 11 is 0. The highest BCUT2D eigenvalue weighted by atomic mass is 17.2. The van der Waals surface area contributed by atoms with Crippen LogP contribution >= 0.6 is 0 Å². The van der Waals surface area contributed by atoms with Crippen LogP contribution in [0.5, 0.6) is 5.75 Å². The fourth-order valence-electron chi connectivity index (χ4n) is 1.13. The standard InChI is InChI=1S/C13H16O4/c1-10(2)16-17-13(14)9-8-11-6-4-5-7-12(11)15-3/h4-10H,1-3H3/b9-8+. The summed E-state index contributed by atoms with van der Waals surface area (Å²) in [6.45, 7) is 3.55. The van der Waals surface area contributed by atoms with Crippen LogP contribution < -0.4 is 4.74 Å². The molecule has 0 aliphatic carbocycles. The zero-order chi connectivity index (χ0) is 12.7. The number of hydrogen-bond donors (Lipinski definition) is 0. The van der Waals surface area contributed by atoms with Crippen LogP contribution in [-0.4, -0.2) is 19.2 Å². The zero-order valence-corrected chi connectivity index (χ0v) is 10.2. The van der Waals surface area contributed by atoms with E-state index in [-0.39, 0.29) is 6.10 Å². The van der Waals surface area contributed by atoms with Crippen molar-refractivity contribution in [2.75, 3.05) is 7.11 Å². The van der Waals surface area contributed by atoms with Gasteiger partial charge in [-0.05, 0) is 26.0 Å². The van der Waals surface area contributed by atoms with E-state index in [1.807, 2.05) is 24.3 Å². The van der Waals surface area contributed by atoms with Gasteiger partial charge in [0.05, 0.1) is 13.2 Å². The Morgan fingerprint density at radius 3 is 2.65 bits per heavy atom. The molecule has 0 fully saturated rings. The first kappa shape index (κ1) is 13.3. The lowest BCUT2D eigenvalue weighted by Crippen LogP contribution is -2.08. The molecule has 0 saturated heterocycles. The van der Waals surface area contributed by atoms with Crippen LogP contribution in [-0.2, 0) is 14.6 Å². The molecule has 0 aliphatic rings. The summed E-state index contributed by atoms with van der Waals surface area (Å²) in [6, 6.07) is 7.37. The molecule has 1 aromatic rings. The van der Waals surface area contributed by atoms with E-state index in [9.17, 15) is 4.79 Å². The molecule has 0 aliphatic heterocycles. The lowest BCUT2D eigenvalue weighted by atomic mass is 10.2. The van der Waals surface area contributed by atoms with Crippen LogP contribution in [0, 0.1) is 0 Å². The predicted octanol–water partition coefficient (Wildman–Crippen LogP) is 2.59. The average molecular weight is 236 g/mol. The third-order valence-electron chi connectivity index (χ3n) is 1.86. The van der Waals surface area contributed by atoms with Gasteiger partial charge in [-0.25, -0.2) is 4.79 Å². The summed E-state index contributed by atoms with van der Waals surface area (Å²) in [6.07, 6.45) is 2.75. The maximum absolute atomic E-state index is 11.2. The third-order valence-corrected chi connectivity index (χ3v) is 1.86. The van der Waals surface area contributed by atoms with Crippen LogP contribution in [0.25, 0.3) is 6.08 Å². The van der Waals surface area contributed by atoms with E-state index in [1.54, 1.807) is 27.0 Å². The fraction of sp³-hybridized carbons (Fsp3) is 0.308. The number of para-hydroxylation sites is 1. The Bertz CT molecular complexity index is 396. The number of benzene rings is 1. The van der Waals surface area contributed by atoms with E-state index in [0.29, 0.717) is 5.75 Å². The minimum atomic E-state index is -0.551. The molecule has 0 aromatic heterocycles. The van der Waals surface area contributed by atoms with Crippen molar-refractivity contribution in [2.24, 2.45) is 0 Å². The smallest absolute Gasteiger partial charge is 0.365 e. The highest BCUT2D eigenvalue weighted by Gasteiger charge is 2.02. The Morgan fingerprint density at radius 2 is 2.00 bits per heavy atom. The van der Waals surface area contributed by atoms with E-state index >= 15 is 0 Å². The van der Waals surface area contributed by atoms with Gasteiger partial charge in [0.2, 0.25) is 0 Å². The molecule has 0 saturated carbocycles. The Balaban J connectivity index is 2.60. The highest BCUT2D eigenvalue weighted by molar-refractivity contribution is 5.87. The molecular formula is C13H16O4. The van der Waals surface area contributed by atoms with E-state index in [1.165, 1.54) is 6.08 Å². The summed E-state index contributed by atoms with van der Waals surface area (Å²) in [5.41, 5.74) is 0.802. The van der Waals surface area contributed by atoms with Crippen molar-refractivity contribution in [1.82, 2.24) is 0 Å². The van der Waals surface area contributed by atoms with Crippen LogP contribution in [0.4, 0.5) is 0 Å². The van der Waals surface area contributed by atoms with Crippen molar-refractivity contribution in [3.05, 3.63) is 35.9 Å². The number of ether oxygens (including phenoxy) is 1. The second-order valence-corrected chi connectivity index (χ2v) is 3.62. The van der Waals surface area contributed by atoms with Gasteiger partial charge in [-0.2, -0.15) is 4.89 Å². The molecule has 0 N–H and O–H groups in total. The first-order valence-corrected chi connectivity index (χ1v) is 5.32. The molecule has 17 heavy (non-hydrogen) atoms. The van der Waals surface area contributed by atoms with E-state index in [0.717, 1.165) is 5.56 Å². The maximum atomic E-state index is 11.2. The van der Waals surface area contributed by atoms with Crippen LogP contribution in [0.2, 0.25) is 0 Å². The highest BCUT2D eigenvalue weighted by Crippen LogP contribution is 2.18. The van der Waals surface area contributed by atoms with Gasteiger partial charge in [0, 0.05) is 11.6 Å². The maximum Gasteiger partial charge on any atom is 0.365 e. The largest absolute Gasteiger partial charge is 0.496 e. The molecule has 0 spiro atoms. The molecule has 0 heterocycles. The van der Waals surface area contributed by atoms with Gasteiger partial charge in [0.25, 0.3) is 0 Å². The molecule has 0 atom stereocenters. The Hall–Kier alpha value is -1.81. The minimum absolute atomic E-state index is 0.154. The van der Waals surface area contributed by atoms with Crippen molar-refractivity contribution >= 4 is 12.0 Å². The molecule has 0 amide bonds. The molecular weight excluding hydrogens is 220 g/mol. The number of hydrogen-bond acceptors (Lipinski definition) is 4. The normalized spacial score (nSPS) is 10.8. The van der Waals surface area contributed by atoms with Crippen LogP contribution in [0.15, 0.2) is 30.3 Å². The van der Waals surface area contributed by atoms with Crippen molar-refractivity contribution in [3.8, 4) is 5.75 Å². The van der Waals surface area contributed by atoms with Gasteiger partial charge in [0.1, 0.15) is 5.75 Å². The predicted molar refractivity (Wildman–Crippen MR) is 64.3 cm³/mol. The van der Waals surface area contributed by atoms with Gasteiger partial charge >= 0.3 is 5.97 Å². The van der Waals surface area contributed by atoms with Gasteiger partial charge in [0.15, 0.2) is 0 Å². The molecule has 4 nitrogen and oxygen atoms in total. The summed E-state index contributed by atoms with van der Waals surface area (Å²) in [4.78, 5) is 20.5. The molecule has 1 rings (SSSR count). The van der Waals surface area contributed by atoms with Crippen molar-refractivity contribution in [3.63, 3.8) is 0 Å². The second-order valence-electron chi connectivity index (χ2n) is 3.62. The fourth-order valence-corrected chi connectivity index (χ4v) is 1.13.